The maximum Gasteiger partial charge on any atom is 0 e. The molecule has 0 saturated carbocycles. The first kappa shape index (κ1) is 37.8. The fourth-order valence-corrected chi connectivity index (χ4v) is 0. The molecule has 0 nitrogen and oxygen atoms in total. The smallest absolute Gasteiger partial charge is 0 e. The zero-order chi connectivity index (χ0) is 0. The summed E-state index contributed by atoms with van der Waals surface area (Å²) >= 11 is 0. The van der Waals surface area contributed by atoms with Crippen molar-refractivity contribution < 1.29 is 33.3 Å². The molecule has 0 amide bonds. The second kappa shape index (κ2) is 20.1. The van der Waals surface area contributed by atoms with Crippen molar-refractivity contribution in [3.8, 4) is 0 Å². The van der Waals surface area contributed by atoms with Gasteiger partial charge in [-0.3, -0.25) is 0 Å². The first-order valence-corrected chi connectivity index (χ1v) is 0. The van der Waals surface area contributed by atoms with Crippen LogP contribution in [0.25, 0.3) is 0 Å². The van der Waals surface area contributed by atoms with E-state index in [1.165, 1.54) is 0 Å². The molecule has 0 aliphatic heterocycles. The van der Waals surface area contributed by atoms with Gasteiger partial charge in [0.05, 0.1) is 0 Å². The topological polar surface area (TPSA) is 0 Å². The maximum absolute atomic E-state index is 0. The summed E-state index contributed by atoms with van der Waals surface area (Å²) in [6.07, 6.45) is 0. The van der Waals surface area contributed by atoms with E-state index >= 15 is 0 Å². The minimum absolute atomic E-state index is 0. The molecule has 4 heavy (non-hydrogen) atoms. The van der Waals surface area contributed by atoms with Gasteiger partial charge in [0.1, 0.15) is 0 Å². The van der Waals surface area contributed by atoms with E-state index in [0.717, 1.165) is 0 Å². The van der Waals surface area contributed by atoms with Crippen molar-refractivity contribution in [2.24, 2.45) is 0 Å². The van der Waals surface area contributed by atoms with Crippen LogP contribution in [-0.4, -0.2) is 34.0 Å². The Morgan fingerprint density at radius 2 is 1.00 bits per heavy atom. The molecular formula is CoMgNiSi. The first-order chi connectivity index (χ1) is 0. The van der Waals surface area contributed by atoms with E-state index in [1.807, 2.05) is 0 Å². The van der Waals surface area contributed by atoms with Crippen LogP contribution in [0, 0.1) is 0 Å². The Balaban J connectivity index is 0. The van der Waals surface area contributed by atoms with E-state index in [-0.39, 0.29) is 67.3 Å². The Bertz CT molecular complexity index is 8.00. The molecule has 0 rings (SSSR count). The van der Waals surface area contributed by atoms with Crippen molar-refractivity contribution >= 4 is 34.0 Å². The van der Waals surface area contributed by atoms with Gasteiger partial charge in [-0.25, -0.2) is 0 Å². The average Bonchev–Trinajstić information content (AvgIpc) is 0. The van der Waals surface area contributed by atoms with Gasteiger partial charge in [-0.1, -0.05) is 0 Å². The predicted molar refractivity (Wildman–Crippen MR) is 11.5 cm³/mol. The quantitative estimate of drug-likeness (QED) is 0.419. The molecular weight excluding hydrogens is 170 g/mol. The van der Waals surface area contributed by atoms with E-state index in [0.29, 0.717) is 0 Å². The minimum atomic E-state index is 0. The summed E-state index contributed by atoms with van der Waals surface area (Å²) in [5.41, 5.74) is 0. The van der Waals surface area contributed by atoms with Gasteiger partial charge in [0, 0.05) is 67.3 Å². The van der Waals surface area contributed by atoms with Gasteiger partial charge in [0.25, 0.3) is 0 Å². The van der Waals surface area contributed by atoms with Gasteiger partial charge >= 0.3 is 0 Å². The molecule has 0 heterocycles. The third kappa shape index (κ3) is 9.01. The van der Waals surface area contributed by atoms with Crippen LogP contribution >= 0.6 is 0 Å². The van der Waals surface area contributed by atoms with E-state index in [1.54, 1.807) is 0 Å². The molecule has 0 atom stereocenters. The standard InChI is InChI=1S/Co.Mg.Ni.Si. The third-order valence-corrected chi connectivity index (χ3v) is 0. The van der Waals surface area contributed by atoms with Crippen LogP contribution in [0.15, 0.2) is 0 Å². The molecule has 0 aromatic rings. The normalized spacial score (nSPS) is 0. The molecule has 0 aliphatic rings. The molecule has 0 N–H and O–H groups in total. The van der Waals surface area contributed by atoms with E-state index in [2.05, 4.69) is 0 Å². The molecule has 0 unspecified atom stereocenters. The summed E-state index contributed by atoms with van der Waals surface area (Å²) in [6, 6.07) is 0. The van der Waals surface area contributed by atoms with Gasteiger partial charge in [-0.15, -0.1) is 0 Å². The van der Waals surface area contributed by atoms with Gasteiger partial charge < -0.3 is 0 Å². The van der Waals surface area contributed by atoms with E-state index < -0.39 is 0 Å². The fourth-order valence-electron chi connectivity index (χ4n) is 0. The van der Waals surface area contributed by atoms with Crippen LogP contribution in [0.5, 0.6) is 0 Å². The van der Waals surface area contributed by atoms with Gasteiger partial charge in [0.15, 0.2) is 0 Å². The first-order valence-electron chi connectivity index (χ1n) is 0. The molecule has 0 aromatic carbocycles. The predicted octanol–water partition coefficient (Wildman–Crippen LogP) is -0.767. The van der Waals surface area contributed by atoms with Crippen molar-refractivity contribution in [2.45, 2.75) is 0 Å². The molecule has 25 valence electrons. The van der Waals surface area contributed by atoms with Crippen molar-refractivity contribution in [3.63, 3.8) is 0 Å². The van der Waals surface area contributed by atoms with Gasteiger partial charge in [0.2, 0.25) is 0 Å². The summed E-state index contributed by atoms with van der Waals surface area (Å²) in [6.45, 7) is 0. The molecule has 0 spiro atoms. The van der Waals surface area contributed by atoms with E-state index in [4.69, 9.17) is 0 Å². The second-order valence-corrected chi connectivity index (χ2v) is 0. The van der Waals surface area contributed by atoms with Crippen molar-refractivity contribution in [3.05, 3.63) is 0 Å². The van der Waals surface area contributed by atoms with Crippen LogP contribution in [0.4, 0.5) is 0 Å². The van der Waals surface area contributed by atoms with Crippen molar-refractivity contribution in [1.82, 2.24) is 0 Å². The molecule has 7 radical (unpaired) electrons. The fraction of sp³-hybridized carbons (Fsp3) is 0. The number of rotatable bonds is 0. The number of hydrogen-bond acceptors (Lipinski definition) is 0. The zero-order valence-corrected chi connectivity index (χ0v) is 6.30. The molecule has 0 fully saturated rings. The minimum Gasteiger partial charge on any atom is 0 e. The Morgan fingerprint density at radius 1 is 1.00 bits per heavy atom. The van der Waals surface area contributed by atoms with Gasteiger partial charge in [-0.05, 0) is 0 Å². The Kier molecular flexibility index (Phi) is 190. The molecule has 0 bridgehead atoms. The van der Waals surface area contributed by atoms with Crippen molar-refractivity contribution in [2.75, 3.05) is 0 Å². The maximum atomic E-state index is 0. The summed E-state index contributed by atoms with van der Waals surface area (Å²) in [5, 5.41) is 0. The van der Waals surface area contributed by atoms with Crippen LogP contribution in [0.1, 0.15) is 0 Å². The molecule has 0 aliphatic carbocycles. The zero-order valence-electron chi connectivity index (χ0n) is 1.86. The summed E-state index contributed by atoms with van der Waals surface area (Å²) in [4.78, 5) is 0. The number of hydrogen-bond donors (Lipinski definition) is 0. The monoisotopic (exact) mass is 169 g/mol. The van der Waals surface area contributed by atoms with Crippen LogP contribution in [0.2, 0.25) is 0 Å². The molecule has 4 heteroatoms. The third-order valence-electron chi connectivity index (χ3n) is 0. The Hall–Kier alpha value is 1.98. The molecule has 0 saturated heterocycles. The van der Waals surface area contributed by atoms with Crippen molar-refractivity contribution in [1.29, 1.82) is 0 Å². The average molecular weight is 170 g/mol. The van der Waals surface area contributed by atoms with Crippen LogP contribution in [0.3, 0.4) is 0 Å². The molecule has 0 aromatic heterocycles. The SMILES string of the molecule is [Co].[Mg].[Ni].[Si]. The Labute approximate surface area is 66.8 Å². The van der Waals surface area contributed by atoms with Gasteiger partial charge in [-0.2, -0.15) is 0 Å². The summed E-state index contributed by atoms with van der Waals surface area (Å²) in [7, 11) is 0. The van der Waals surface area contributed by atoms with Crippen LogP contribution < -0.4 is 0 Å². The second-order valence-electron chi connectivity index (χ2n) is 0. The summed E-state index contributed by atoms with van der Waals surface area (Å²) in [5.74, 6) is 0. The van der Waals surface area contributed by atoms with E-state index in [9.17, 15) is 0 Å². The largest absolute Gasteiger partial charge is 0 e. The summed E-state index contributed by atoms with van der Waals surface area (Å²) < 4.78 is 0. The van der Waals surface area contributed by atoms with Crippen LogP contribution in [-0.2, 0) is 33.3 Å². The Morgan fingerprint density at radius 3 is 1.00 bits per heavy atom.